The van der Waals surface area contributed by atoms with Gasteiger partial charge < -0.3 is 50.3 Å². The zero-order chi connectivity index (χ0) is 56.4. The first-order valence-corrected chi connectivity index (χ1v) is 30.8. The minimum absolute atomic E-state index is 0.0231. The molecular formula is C63H130O10. The van der Waals surface area contributed by atoms with Crippen LogP contribution in [-0.2, 0) is 9.47 Å². The topological polar surface area (TPSA) is 180 Å². The highest BCUT2D eigenvalue weighted by molar-refractivity contribution is 4.99. The molecule has 6 rings (SSSR count). The lowest BCUT2D eigenvalue weighted by Crippen LogP contribution is -2.30. The summed E-state index contributed by atoms with van der Waals surface area (Å²) < 4.78 is 10.4. The van der Waals surface area contributed by atoms with E-state index in [0.717, 1.165) is 99.1 Å². The Bertz CT molecular complexity index is 1120. The van der Waals surface area contributed by atoms with Crippen LogP contribution in [0.3, 0.4) is 0 Å². The highest BCUT2D eigenvalue weighted by Gasteiger charge is 2.50. The van der Waals surface area contributed by atoms with Gasteiger partial charge in [-0.3, -0.25) is 0 Å². The third-order valence-corrected chi connectivity index (χ3v) is 17.4. The van der Waals surface area contributed by atoms with Gasteiger partial charge >= 0.3 is 0 Å². The molecule has 8 N–H and O–H groups in total. The molecule has 0 aromatic carbocycles. The van der Waals surface area contributed by atoms with Crippen LogP contribution >= 0.6 is 0 Å². The van der Waals surface area contributed by atoms with Crippen molar-refractivity contribution >= 4 is 0 Å². The van der Waals surface area contributed by atoms with Crippen molar-refractivity contribution in [1.82, 2.24) is 0 Å². The maximum Gasteiger partial charge on any atom is 0.0771 e. The van der Waals surface area contributed by atoms with Crippen LogP contribution in [0.1, 0.15) is 234 Å². The van der Waals surface area contributed by atoms with E-state index in [2.05, 4.69) is 83.1 Å². The normalized spacial score (nSPS) is 33.5. The zero-order valence-corrected chi connectivity index (χ0v) is 51.4. The summed E-state index contributed by atoms with van der Waals surface area (Å²) in [6.45, 7) is 41.3. The van der Waals surface area contributed by atoms with E-state index in [9.17, 15) is 20.4 Å². The van der Waals surface area contributed by atoms with Gasteiger partial charge in [-0.25, -0.2) is 0 Å². The summed E-state index contributed by atoms with van der Waals surface area (Å²) in [4.78, 5) is 0. The number of rotatable bonds is 17. The maximum absolute atomic E-state index is 9.79. The number of aliphatic hydroxyl groups excluding tert-OH is 8. The molecule has 0 aromatic heterocycles. The highest BCUT2D eigenvalue weighted by atomic mass is 16.5. The zero-order valence-electron chi connectivity index (χ0n) is 51.4. The Morgan fingerprint density at radius 1 is 0.493 bits per heavy atom. The third kappa shape index (κ3) is 32.3. The molecule has 73 heavy (non-hydrogen) atoms. The van der Waals surface area contributed by atoms with E-state index in [-0.39, 0.29) is 49.1 Å². The number of ether oxygens (including phenoxy) is 2. The Balaban J connectivity index is 0. The van der Waals surface area contributed by atoms with Gasteiger partial charge in [-0.05, 0) is 186 Å². The van der Waals surface area contributed by atoms with Crippen LogP contribution in [-0.4, -0.2) is 117 Å². The number of hydrogen-bond donors (Lipinski definition) is 8. The predicted octanol–water partition coefficient (Wildman–Crippen LogP) is 13.0. The maximum atomic E-state index is 9.79. The quantitative estimate of drug-likeness (QED) is 0.0654. The first-order valence-electron chi connectivity index (χ1n) is 30.8. The van der Waals surface area contributed by atoms with E-state index in [0.29, 0.717) is 61.2 Å². The van der Waals surface area contributed by atoms with Gasteiger partial charge in [-0.1, -0.05) is 136 Å². The fraction of sp³-hybridized carbons (Fsp3) is 1.00. The van der Waals surface area contributed by atoms with Crippen molar-refractivity contribution in [2.75, 3.05) is 39.6 Å². The second-order valence-electron chi connectivity index (χ2n) is 25.4. The Morgan fingerprint density at radius 2 is 0.959 bits per heavy atom. The van der Waals surface area contributed by atoms with Crippen LogP contribution in [0, 0.1) is 94.7 Å². The molecule has 0 aromatic rings. The van der Waals surface area contributed by atoms with Gasteiger partial charge in [0.15, 0.2) is 0 Å². The van der Waals surface area contributed by atoms with Gasteiger partial charge in [-0.2, -0.15) is 0 Å². The lowest BCUT2D eigenvalue weighted by atomic mass is 9.75. The summed E-state index contributed by atoms with van der Waals surface area (Å²) in [5.74, 6) is 10.9. The van der Waals surface area contributed by atoms with Crippen molar-refractivity contribution in [3.8, 4) is 0 Å². The molecule has 4 bridgehead atoms. The molecule has 6 aliphatic rings. The number of aliphatic hydroxyl groups is 8. The molecule has 0 aliphatic heterocycles. The molecule has 6 fully saturated rings. The lowest BCUT2D eigenvalue weighted by molar-refractivity contribution is 0.0340. The molecule has 0 spiro atoms. The summed E-state index contributed by atoms with van der Waals surface area (Å²) in [5, 5.41) is 72.4. The van der Waals surface area contributed by atoms with E-state index >= 15 is 0 Å². The Kier molecular flexibility index (Phi) is 44.5. The average molecular weight is 1050 g/mol. The fourth-order valence-corrected chi connectivity index (χ4v) is 11.6. The molecule has 0 amide bonds. The summed E-state index contributed by atoms with van der Waals surface area (Å²) in [6, 6.07) is 0. The second kappa shape index (κ2) is 43.5. The molecule has 18 atom stereocenters. The van der Waals surface area contributed by atoms with Gasteiger partial charge in [0.1, 0.15) is 0 Å². The van der Waals surface area contributed by atoms with Gasteiger partial charge in [0.2, 0.25) is 0 Å². The Hall–Kier alpha value is -0.400. The Labute approximate surface area is 453 Å². The van der Waals surface area contributed by atoms with E-state index in [4.69, 9.17) is 29.9 Å². The van der Waals surface area contributed by atoms with Crippen molar-refractivity contribution in [2.24, 2.45) is 94.7 Å². The van der Waals surface area contributed by atoms with Crippen LogP contribution in [0.4, 0.5) is 0 Å². The minimum atomic E-state index is -0.267. The van der Waals surface area contributed by atoms with Crippen molar-refractivity contribution in [1.29, 1.82) is 0 Å². The minimum Gasteiger partial charge on any atom is -0.396 e. The van der Waals surface area contributed by atoms with Crippen LogP contribution in [0.15, 0.2) is 0 Å². The molecule has 6 saturated carbocycles. The van der Waals surface area contributed by atoms with E-state index in [1.54, 1.807) is 13.8 Å². The van der Waals surface area contributed by atoms with Gasteiger partial charge in [-0.15, -0.1) is 0 Å². The average Bonchev–Trinajstić information content (AvgIpc) is 4.13. The molecule has 10 nitrogen and oxygen atoms in total. The first kappa shape index (κ1) is 74.7. The standard InChI is InChI=1S/2C10H18O.2C10H20O.2C8H18O2.C4H10O.C3H8O/c1-3-7-4-8-5-9(7)6(2)10(8)11;1-3-7-4-8-5-9(7)10(11)6(8)2;1-7(2)9-4-5-10(11)8(3)6-9;1-7(2)9-5-4-8(3)10(11)6-9;1-3-4-5-10-7-8(2)6-9;1-3-5-6-10-7-8(9)4-2;1-4(2)3-5;1-3(2)4/h2*6-11H,3-5H2,1-2H3;2*7-11H,4-6H2,1-3H3;2*8-9H,3-7H2,1-2H3;4-5H,3H2,1-2H3;3-4H,1-2H3. The molecule has 0 saturated heterocycles. The van der Waals surface area contributed by atoms with Crippen LogP contribution in [0.2, 0.25) is 0 Å². The number of unbranched alkanes of at least 4 members (excludes halogenated alkanes) is 2. The summed E-state index contributed by atoms with van der Waals surface area (Å²) in [6.07, 6.45) is 19.8. The van der Waals surface area contributed by atoms with Crippen molar-refractivity contribution in [3.05, 3.63) is 0 Å². The van der Waals surface area contributed by atoms with Crippen LogP contribution < -0.4 is 0 Å². The molecule has 0 heterocycles. The second-order valence-corrected chi connectivity index (χ2v) is 25.4. The molecule has 18 unspecified atom stereocenters. The van der Waals surface area contributed by atoms with Crippen LogP contribution in [0.25, 0.3) is 0 Å². The molecule has 442 valence electrons. The van der Waals surface area contributed by atoms with Crippen molar-refractivity contribution < 1.29 is 50.3 Å². The fourth-order valence-electron chi connectivity index (χ4n) is 11.6. The summed E-state index contributed by atoms with van der Waals surface area (Å²) in [7, 11) is 0. The van der Waals surface area contributed by atoms with E-state index in [1.165, 1.54) is 70.6 Å². The van der Waals surface area contributed by atoms with Crippen molar-refractivity contribution in [2.45, 2.75) is 270 Å². The Morgan fingerprint density at radius 3 is 1.34 bits per heavy atom. The summed E-state index contributed by atoms with van der Waals surface area (Å²) >= 11 is 0. The van der Waals surface area contributed by atoms with Crippen molar-refractivity contribution in [3.63, 3.8) is 0 Å². The number of fused-ring (bicyclic) bond motifs is 4. The van der Waals surface area contributed by atoms with Gasteiger partial charge in [0, 0.05) is 38.4 Å². The monoisotopic (exact) mass is 1050 g/mol. The first-order chi connectivity index (χ1) is 34.3. The lowest BCUT2D eigenvalue weighted by Gasteiger charge is -2.33. The smallest absolute Gasteiger partial charge is 0.0771 e. The van der Waals surface area contributed by atoms with Gasteiger partial charge in [0.05, 0.1) is 43.7 Å². The van der Waals surface area contributed by atoms with E-state index < -0.39 is 0 Å². The third-order valence-electron chi connectivity index (χ3n) is 17.4. The number of hydrogen-bond acceptors (Lipinski definition) is 10. The van der Waals surface area contributed by atoms with Gasteiger partial charge in [0.25, 0.3) is 0 Å². The van der Waals surface area contributed by atoms with E-state index in [1.807, 2.05) is 27.7 Å². The largest absolute Gasteiger partial charge is 0.396 e. The molecular weight excluding hydrogens is 917 g/mol. The molecule has 0 radical (unpaired) electrons. The molecule has 6 aliphatic carbocycles. The van der Waals surface area contributed by atoms with Crippen LogP contribution in [0.5, 0.6) is 0 Å². The summed E-state index contributed by atoms with van der Waals surface area (Å²) in [5.41, 5.74) is 0. The SMILES string of the molecule is CC(C)C1CCC(C)C(O)C1.CC(C)C1CCC(O)C(C)C1.CC(C)CO.CC(C)O.CCC1CC2CC1C(C)C2O.CCC1CC2CC1C(O)C2C.CCCCOCC(C)CO.CCCCOCC(O)CC. The predicted molar refractivity (Wildman–Crippen MR) is 308 cm³/mol. The highest BCUT2D eigenvalue weighted by Crippen LogP contribution is 2.53. The molecule has 10 heteroatoms.